The molecule has 2 N–H and O–H groups in total. The average Bonchev–Trinajstić information content (AvgIpc) is 3.10. The minimum absolute atomic E-state index is 0.00526. The van der Waals surface area contributed by atoms with Crippen LogP contribution in [0.25, 0.3) is 10.9 Å². The van der Waals surface area contributed by atoms with Gasteiger partial charge in [0.1, 0.15) is 10.7 Å². The number of nitro benzene ring substituents is 1. The Balaban J connectivity index is 1.90. The molecule has 0 aliphatic heterocycles. The molecule has 0 bridgehead atoms. The number of benzene rings is 1. The summed E-state index contributed by atoms with van der Waals surface area (Å²) in [5, 5.41) is 11.1. The molecule has 3 rings (SSSR count). The number of oxazole rings is 1. The maximum atomic E-state index is 12.4. The number of nitro groups is 1. The van der Waals surface area contributed by atoms with Crippen LogP contribution in [0, 0.1) is 17.0 Å². The van der Waals surface area contributed by atoms with Crippen LogP contribution in [0.1, 0.15) is 11.7 Å². The largest absolute Gasteiger partial charge is 0.445 e. The first-order valence-corrected chi connectivity index (χ1v) is 8.01. The number of non-ortho nitro benzene ring substituents is 1. The van der Waals surface area contributed by atoms with E-state index in [1.54, 1.807) is 6.92 Å². The third-order valence-corrected chi connectivity index (χ3v) is 4.65. The second-order valence-corrected chi connectivity index (χ2v) is 6.56. The summed E-state index contributed by atoms with van der Waals surface area (Å²) in [6.07, 6.45) is 2.78. The summed E-state index contributed by atoms with van der Waals surface area (Å²) >= 11 is 0. The molecule has 0 radical (unpaired) electrons. The normalized spacial score (nSPS) is 11.9. The van der Waals surface area contributed by atoms with E-state index in [0.717, 1.165) is 0 Å². The van der Waals surface area contributed by atoms with E-state index in [1.807, 2.05) is 0 Å². The van der Waals surface area contributed by atoms with Crippen LogP contribution in [0.15, 0.2) is 39.9 Å². The van der Waals surface area contributed by atoms with Gasteiger partial charge in [-0.25, -0.2) is 18.1 Å². The molecule has 3 aromatic rings. The summed E-state index contributed by atoms with van der Waals surface area (Å²) in [5.74, 6) is 0.833. The molecule has 0 aliphatic rings. The average molecular weight is 336 g/mol. The van der Waals surface area contributed by atoms with Gasteiger partial charge in [0.05, 0.1) is 23.2 Å². The molecule has 0 saturated carbocycles. The SMILES string of the molecule is Cc1cnc(CNS(=O)(=O)c2c[nH]c3cc([N+](=O)[O-])ccc23)o1. The van der Waals surface area contributed by atoms with Gasteiger partial charge in [0.15, 0.2) is 0 Å². The van der Waals surface area contributed by atoms with Crippen molar-refractivity contribution in [1.82, 2.24) is 14.7 Å². The van der Waals surface area contributed by atoms with Crippen molar-refractivity contribution in [3.8, 4) is 0 Å². The Morgan fingerprint density at radius 1 is 1.43 bits per heavy atom. The number of sulfonamides is 1. The Bertz CT molecular complexity index is 989. The molecule has 2 aromatic heterocycles. The third kappa shape index (κ3) is 2.94. The van der Waals surface area contributed by atoms with Crippen molar-refractivity contribution in [3.63, 3.8) is 0 Å². The number of rotatable bonds is 5. The van der Waals surface area contributed by atoms with E-state index >= 15 is 0 Å². The van der Waals surface area contributed by atoms with Crippen LogP contribution in [0.2, 0.25) is 0 Å². The van der Waals surface area contributed by atoms with Crippen LogP contribution in [0.3, 0.4) is 0 Å². The summed E-state index contributed by atoms with van der Waals surface area (Å²) < 4.78 is 32.3. The van der Waals surface area contributed by atoms with Crippen LogP contribution in [0.4, 0.5) is 5.69 Å². The summed E-state index contributed by atoms with van der Waals surface area (Å²) in [6.45, 7) is 1.62. The molecule has 9 nitrogen and oxygen atoms in total. The van der Waals surface area contributed by atoms with Gasteiger partial charge in [-0.15, -0.1) is 0 Å². The number of hydrogen-bond acceptors (Lipinski definition) is 6. The summed E-state index contributed by atoms with van der Waals surface area (Å²) in [6, 6.07) is 3.94. The molecule has 2 heterocycles. The molecule has 120 valence electrons. The van der Waals surface area contributed by atoms with Crippen LogP contribution in [-0.4, -0.2) is 23.3 Å². The molecule has 0 amide bonds. The maximum Gasteiger partial charge on any atom is 0.271 e. The van der Waals surface area contributed by atoms with Crippen molar-refractivity contribution in [2.75, 3.05) is 0 Å². The first kappa shape index (κ1) is 15.2. The van der Waals surface area contributed by atoms with E-state index in [4.69, 9.17) is 4.42 Å². The number of nitrogens with one attached hydrogen (secondary N) is 2. The smallest absolute Gasteiger partial charge is 0.271 e. The van der Waals surface area contributed by atoms with Crippen molar-refractivity contribution < 1.29 is 17.8 Å². The number of aromatic amines is 1. The van der Waals surface area contributed by atoms with Gasteiger partial charge in [0.25, 0.3) is 5.69 Å². The Hall–Kier alpha value is -2.72. The Kier molecular flexibility index (Phi) is 3.62. The van der Waals surface area contributed by atoms with Gasteiger partial charge in [-0.1, -0.05) is 0 Å². The summed E-state index contributed by atoms with van der Waals surface area (Å²) in [4.78, 5) is 16.9. The Labute approximate surface area is 130 Å². The second-order valence-electron chi connectivity index (χ2n) is 4.83. The van der Waals surface area contributed by atoms with Crippen LogP contribution < -0.4 is 4.72 Å². The van der Waals surface area contributed by atoms with Gasteiger partial charge in [0.2, 0.25) is 15.9 Å². The highest BCUT2D eigenvalue weighted by atomic mass is 32.2. The quantitative estimate of drug-likeness (QED) is 0.540. The second kappa shape index (κ2) is 5.48. The minimum atomic E-state index is -3.82. The van der Waals surface area contributed by atoms with Crippen molar-refractivity contribution in [3.05, 3.63) is 52.4 Å². The molecule has 23 heavy (non-hydrogen) atoms. The predicted molar refractivity (Wildman–Crippen MR) is 80.2 cm³/mol. The highest BCUT2D eigenvalue weighted by Crippen LogP contribution is 2.26. The first-order chi connectivity index (χ1) is 10.9. The van der Waals surface area contributed by atoms with Crippen molar-refractivity contribution in [1.29, 1.82) is 0 Å². The topological polar surface area (TPSA) is 131 Å². The molecule has 10 heteroatoms. The minimum Gasteiger partial charge on any atom is -0.445 e. The zero-order valence-corrected chi connectivity index (χ0v) is 12.8. The lowest BCUT2D eigenvalue weighted by Crippen LogP contribution is -2.23. The number of H-pyrrole nitrogens is 1. The summed E-state index contributed by atoms with van der Waals surface area (Å²) in [5.41, 5.74) is 0.248. The Morgan fingerprint density at radius 2 is 2.22 bits per heavy atom. The molecule has 1 aromatic carbocycles. The van der Waals surface area contributed by atoms with Gasteiger partial charge in [0, 0.05) is 23.7 Å². The van der Waals surface area contributed by atoms with E-state index in [9.17, 15) is 18.5 Å². The fourth-order valence-electron chi connectivity index (χ4n) is 2.14. The zero-order valence-electron chi connectivity index (χ0n) is 11.9. The van der Waals surface area contributed by atoms with Crippen LogP contribution >= 0.6 is 0 Å². The van der Waals surface area contributed by atoms with Crippen molar-refractivity contribution >= 4 is 26.6 Å². The molecule has 0 unspecified atom stereocenters. The molecule has 0 aliphatic carbocycles. The number of fused-ring (bicyclic) bond motifs is 1. The highest BCUT2D eigenvalue weighted by Gasteiger charge is 2.21. The number of nitrogens with zero attached hydrogens (tertiary/aromatic N) is 2. The molecular formula is C13H12N4O5S. The summed E-state index contributed by atoms with van der Waals surface area (Å²) in [7, 11) is -3.82. The lowest BCUT2D eigenvalue weighted by atomic mass is 10.2. The molecule has 0 spiro atoms. The van der Waals surface area contributed by atoms with Gasteiger partial charge in [-0.2, -0.15) is 0 Å². The van der Waals surface area contributed by atoms with Gasteiger partial charge >= 0.3 is 0 Å². The number of aryl methyl sites for hydroxylation is 1. The van der Waals surface area contributed by atoms with Crippen molar-refractivity contribution in [2.24, 2.45) is 0 Å². The first-order valence-electron chi connectivity index (χ1n) is 6.53. The van der Waals surface area contributed by atoms with Crippen LogP contribution in [0.5, 0.6) is 0 Å². The van der Waals surface area contributed by atoms with Gasteiger partial charge < -0.3 is 9.40 Å². The fourth-order valence-corrected chi connectivity index (χ4v) is 3.29. The van der Waals surface area contributed by atoms with Crippen molar-refractivity contribution in [2.45, 2.75) is 18.4 Å². The lowest BCUT2D eigenvalue weighted by Gasteiger charge is -2.03. The highest BCUT2D eigenvalue weighted by molar-refractivity contribution is 7.89. The lowest BCUT2D eigenvalue weighted by molar-refractivity contribution is -0.384. The molecular weight excluding hydrogens is 324 g/mol. The number of aromatic nitrogens is 2. The standard InChI is InChI=1S/C13H12N4O5S/c1-8-5-15-13(22-8)7-16-23(20,21)12-6-14-11-4-9(17(18)19)2-3-10(11)12/h2-6,14,16H,7H2,1H3. The monoisotopic (exact) mass is 336 g/mol. The van der Waals surface area contributed by atoms with Gasteiger partial charge in [-0.05, 0) is 13.0 Å². The zero-order chi connectivity index (χ0) is 16.6. The molecule has 0 atom stereocenters. The predicted octanol–water partition coefficient (Wildman–Crippen LogP) is 1.85. The maximum absolute atomic E-state index is 12.4. The number of hydrogen-bond donors (Lipinski definition) is 2. The van der Waals surface area contributed by atoms with E-state index in [1.165, 1.54) is 30.6 Å². The third-order valence-electron chi connectivity index (χ3n) is 3.21. The van der Waals surface area contributed by atoms with E-state index in [0.29, 0.717) is 16.7 Å². The van der Waals surface area contributed by atoms with E-state index in [-0.39, 0.29) is 23.0 Å². The van der Waals surface area contributed by atoms with Crippen LogP contribution in [-0.2, 0) is 16.6 Å². The molecule has 0 fully saturated rings. The fraction of sp³-hybridized carbons (Fsp3) is 0.154. The molecule has 0 saturated heterocycles. The van der Waals surface area contributed by atoms with E-state index in [2.05, 4.69) is 14.7 Å². The van der Waals surface area contributed by atoms with Gasteiger partial charge in [-0.3, -0.25) is 10.1 Å². The van der Waals surface area contributed by atoms with E-state index < -0.39 is 14.9 Å². The Morgan fingerprint density at radius 3 is 2.87 bits per heavy atom.